The van der Waals surface area contributed by atoms with Gasteiger partial charge in [0.15, 0.2) is 0 Å². The standard InChI is InChI=1S/C16H25N3O/c1-3-16(2)6-8-19(9-7-16)11-13-5-4-12(15(18)20)10-14(13)17/h4-5,10H,3,6-9,11,17H2,1-2H3,(H2,18,20). The molecule has 1 heterocycles. The highest BCUT2D eigenvalue weighted by atomic mass is 16.1. The van der Waals surface area contributed by atoms with Gasteiger partial charge in [-0.05, 0) is 49.0 Å². The summed E-state index contributed by atoms with van der Waals surface area (Å²) in [6.45, 7) is 7.73. The summed E-state index contributed by atoms with van der Waals surface area (Å²) < 4.78 is 0. The maximum absolute atomic E-state index is 11.1. The van der Waals surface area contributed by atoms with E-state index in [1.54, 1.807) is 12.1 Å². The van der Waals surface area contributed by atoms with E-state index < -0.39 is 5.91 Å². The Morgan fingerprint density at radius 2 is 2.00 bits per heavy atom. The second kappa shape index (κ2) is 5.83. The van der Waals surface area contributed by atoms with E-state index in [-0.39, 0.29) is 0 Å². The number of rotatable bonds is 4. The average molecular weight is 275 g/mol. The lowest BCUT2D eigenvalue weighted by atomic mass is 9.78. The van der Waals surface area contributed by atoms with Gasteiger partial charge in [-0.3, -0.25) is 9.69 Å². The molecule has 0 aliphatic carbocycles. The number of anilines is 1. The highest BCUT2D eigenvalue weighted by Gasteiger charge is 2.28. The van der Waals surface area contributed by atoms with Crippen molar-refractivity contribution < 1.29 is 4.79 Å². The first-order valence-corrected chi connectivity index (χ1v) is 7.34. The second-order valence-corrected chi connectivity index (χ2v) is 6.22. The fourth-order valence-corrected chi connectivity index (χ4v) is 2.74. The van der Waals surface area contributed by atoms with E-state index in [9.17, 15) is 4.79 Å². The van der Waals surface area contributed by atoms with Crippen molar-refractivity contribution in [3.05, 3.63) is 29.3 Å². The molecule has 0 unspecified atom stereocenters. The number of nitrogens with zero attached hydrogens (tertiary/aromatic N) is 1. The monoisotopic (exact) mass is 275 g/mol. The molecule has 1 aromatic rings. The van der Waals surface area contributed by atoms with Gasteiger partial charge in [0.05, 0.1) is 0 Å². The van der Waals surface area contributed by atoms with Gasteiger partial charge in [-0.2, -0.15) is 0 Å². The summed E-state index contributed by atoms with van der Waals surface area (Å²) in [6.07, 6.45) is 3.72. The lowest BCUT2D eigenvalue weighted by molar-refractivity contribution is 0.1000. The summed E-state index contributed by atoms with van der Waals surface area (Å²) in [5.74, 6) is -0.431. The lowest BCUT2D eigenvalue weighted by Gasteiger charge is -2.39. The number of nitrogen functional groups attached to an aromatic ring is 1. The van der Waals surface area contributed by atoms with Crippen LogP contribution in [0.5, 0.6) is 0 Å². The van der Waals surface area contributed by atoms with Crippen LogP contribution in [-0.4, -0.2) is 23.9 Å². The molecule has 1 fully saturated rings. The van der Waals surface area contributed by atoms with Crippen molar-refractivity contribution in [3.8, 4) is 0 Å². The molecule has 1 aromatic carbocycles. The molecule has 0 saturated carbocycles. The molecule has 0 spiro atoms. The van der Waals surface area contributed by atoms with E-state index in [1.807, 2.05) is 6.07 Å². The molecule has 1 amide bonds. The first kappa shape index (κ1) is 14.9. The second-order valence-electron chi connectivity index (χ2n) is 6.22. The number of primary amides is 1. The third-order valence-corrected chi connectivity index (χ3v) is 4.74. The van der Waals surface area contributed by atoms with Gasteiger partial charge in [-0.15, -0.1) is 0 Å². The van der Waals surface area contributed by atoms with E-state index in [1.165, 1.54) is 19.3 Å². The molecule has 0 atom stereocenters. The molecular weight excluding hydrogens is 250 g/mol. The summed E-state index contributed by atoms with van der Waals surface area (Å²) in [5.41, 5.74) is 14.0. The Bertz CT molecular complexity index is 490. The zero-order valence-electron chi connectivity index (χ0n) is 12.5. The first-order chi connectivity index (χ1) is 9.43. The molecular formula is C16H25N3O. The Morgan fingerprint density at radius 1 is 1.35 bits per heavy atom. The number of carbonyl (C=O) groups is 1. The maximum atomic E-state index is 11.1. The summed E-state index contributed by atoms with van der Waals surface area (Å²) in [5, 5.41) is 0. The van der Waals surface area contributed by atoms with Crippen LogP contribution in [0.1, 0.15) is 49.0 Å². The number of piperidine rings is 1. The molecule has 4 nitrogen and oxygen atoms in total. The van der Waals surface area contributed by atoms with E-state index in [2.05, 4.69) is 18.7 Å². The third-order valence-electron chi connectivity index (χ3n) is 4.74. The number of nitrogens with two attached hydrogens (primary N) is 2. The van der Waals surface area contributed by atoms with Crippen LogP contribution >= 0.6 is 0 Å². The molecule has 4 N–H and O–H groups in total. The summed E-state index contributed by atoms with van der Waals surface area (Å²) in [7, 11) is 0. The number of amides is 1. The number of likely N-dealkylation sites (tertiary alicyclic amines) is 1. The normalized spacial score (nSPS) is 18.9. The van der Waals surface area contributed by atoms with E-state index in [4.69, 9.17) is 11.5 Å². The van der Waals surface area contributed by atoms with E-state index >= 15 is 0 Å². The fourth-order valence-electron chi connectivity index (χ4n) is 2.74. The zero-order chi connectivity index (χ0) is 14.8. The van der Waals surface area contributed by atoms with Crippen LogP contribution < -0.4 is 11.5 Å². The average Bonchev–Trinajstić information content (AvgIpc) is 2.43. The van der Waals surface area contributed by atoms with Crippen LogP contribution in [0.25, 0.3) is 0 Å². The van der Waals surface area contributed by atoms with Crippen molar-refractivity contribution in [2.24, 2.45) is 11.1 Å². The molecule has 1 aliphatic heterocycles. The predicted octanol–water partition coefficient (Wildman–Crippen LogP) is 2.38. The summed E-state index contributed by atoms with van der Waals surface area (Å²) in [4.78, 5) is 13.6. The molecule has 2 rings (SSSR count). The largest absolute Gasteiger partial charge is 0.398 e. The molecule has 4 heteroatoms. The maximum Gasteiger partial charge on any atom is 0.248 e. The van der Waals surface area contributed by atoms with Gasteiger partial charge in [-0.1, -0.05) is 26.3 Å². The molecule has 110 valence electrons. The van der Waals surface area contributed by atoms with Gasteiger partial charge in [0.1, 0.15) is 0 Å². The van der Waals surface area contributed by atoms with Gasteiger partial charge in [-0.25, -0.2) is 0 Å². The predicted molar refractivity (Wildman–Crippen MR) is 82.3 cm³/mol. The quantitative estimate of drug-likeness (QED) is 0.829. The minimum Gasteiger partial charge on any atom is -0.398 e. The minimum atomic E-state index is -0.431. The van der Waals surface area contributed by atoms with Crippen molar-refractivity contribution in [1.82, 2.24) is 4.90 Å². The molecule has 0 aromatic heterocycles. The van der Waals surface area contributed by atoms with Crippen LogP contribution in [0, 0.1) is 5.41 Å². The smallest absolute Gasteiger partial charge is 0.248 e. The van der Waals surface area contributed by atoms with Crippen LogP contribution in [0.2, 0.25) is 0 Å². The number of hydrogen-bond donors (Lipinski definition) is 2. The van der Waals surface area contributed by atoms with Gasteiger partial charge in [0, 0.05) is 17.8 Å². The first-order valence-electron chi connectivity index (χ1n) is 7.34. The topological polar surface area (TPSA) is 72.3 Å². The van der Waals surface area contributed by atoms with Gasteiger partial charge >= 0.3 is 0 Å². The van der Waals surface area contributed by atoms with Crippen molar-refractivity contribution in [2.75, 3.05) is 18.8 Å². The Morgan fingerprint density at radius 3 is 2.50 bits per heavy atom. The Labute approximate surface area is 121 Å². The fraction of sp³-hybridized carbons (Fsp3) is 0.562. The number of hydrogen-bond acceptors (Lipinski definition) is 3. The van der Waals surface area contributed by atoms with Crippen LogP contribution in [0.3, 0.4) is 0 Å². The van der Waals surface area contributed by atoms with Crippen LogP contribution in [0.15, 0.2) is 18.2 Å². The Hall–Kier alpha value is -1.55. The SMILES string of the molecule is CCC1(C)CCN(Cc2ccc(C(N)=O)cc2N)CC1. The lowest BCUT2D eigenvalue weighted by Crippen LogP contribution is -2.38. The molecule has 1 saturated heterocycles. The van der Waals surface area contributed by atoms with Crippen molar-refractivity contribution in [2.45, 2.75) is 39.7 Å². The Balaban J connectivity index is 2.00. The van der Waals surface area contributed by atoms with E-state index in [0.29, 0.717) is 16.7 Å². The highest BCUT2D eigenvalue weighted by Crippen LogP contribution is 2.34. The minimum absolute atomic E-state index is 0.431. The molecule has 20 heavy (non-hydrogen) atoms. The molecule has 0 radical (unpaired) electrons. The molecule has 0 bridgehead atoms. The van der Waals surface area contributed by atoms with Crippen LogP contribution in [-0.2, 0) is 6.54 Å². The van der Waals surface area contributed by atoms with Crippen molar-refractivity contribution in [1.29, 1.82) is 0 Å². The summed E-state index contributed by atoms with van der Waals surface area (Å²) in [6, 6.07) is 5.36. The Kier molecular flexibility index (Phi) is 4.33. The van der Waals surface area contributed by atoms with Crippen LogP contribution in [0.4, 0.5) is 5.69 Å². The number of benzene rings is 1. The van der Waals surface area contributed by atoms with Gasteiger partial charge in [0.2, 0.25) is 5.91 Å². The van der Waals surface area contributed by atoms with E-state index in [0.717, 1.165) is 25.2 Å². The molecule has 1 aliphatic rings. The highest BCUT2D eigenvalue weighted by molar-refractivity contribution is 5.93. The van der Waals surface area contributed by atoms with Gasteiger partial charge < -0.3 is 11.5 Å². The summed E-state index contributed by atoms with van der Waals surface area (Å²) >= 11 is 0. The number of carbonyl (C=O) groups excluding carboxylic acids is 1. The van der Waals surface area contributed by atoms with Crippen molar-refractivity contribution >= 4 is 11.6 Å². The van der Waals surface area contributed by atoms with Crippen molar-refractivity contribution in [3.63, 3.8) is 0 Å². The third kappa shape index (κ3) is 3.31. The zero-order valence-corrected chi connectivity index (χ0v) is 12.5. The van der Waals surface area contributed by atoms with Gasteiger partial charge in [0.25, 0.3) is 0 Å².